The van der Waals surface area contributed by atoms with Gasteiger partial charge >= 0.3 is 0 Å². The summed E-state index contributed by atoms with van der Waals surface area (Å²) in [4.78, 5) is 4.49. The Morgan fingerprint density at radius 1 is 1.22 bits per heavy atom. The minimum absolute atomic E-state index is 0.406. The van der Waals surface area contributed by atoms with Crippen LogP contribution in [-0.4, -0.2) is 23.2 Å². The molecule has 1 aromatic carbocycles. The number of hydrogen-bond donors (Lipinski definition) is 1. The van der Waals surface area contributed by atoms with Crippen LogP contribution in [0.3, 0.4) is 0 Å². The molecule has 1 aromatic heterocycles. The van der Waals surface area contributed by atoms with Crippen molar-refractivity contribution < 1.29 is 4.52 Å². The molecule has 0 aliphatic carbocycles. The van der Waals surface area contributed by atoms with Gasteiger partial charge in [-0.05, 0) is 24.9 Å². The van der Waals surface area contributed by atoms with E-state index in [-0.39, 0.29) is 0 Å². The first-order chi connectivity index (χ1) is 8.92. The number of rotatable bonds is 4. The first kappa shape index (κ1) is 11.4. The molecule has 1 saturated heterocycles. The third-order valence-corrected chi connectivity index (χ3v) is 3.37. The maximum Gasteiger partial charge on any atom is 0.231 e. The van der Waals surface area contributed by atoms with Gasteiger partial charge in [0.15, 0.2) is 5.82 Å². The lowest BCUT2D eigenvalue weighted by atomic mass is 10.1. The Morgan fingerprint density at radius 3 is 2.89 bits per heavy atom. The summed E-state index contributed by atoms with van der Waals surface area (Å²) in [5, 5.41) is 7.37. The van der Waals surface area contributed by atoms with Crippen LogP contribution in [0.5, 0.6) is 0 Å². The van der Waals surface area contributed by atoms with Crippen LogP contribution in [0.4, 0.5) is 0 Å². The number of benzene rings is 1. The number of nitrogens with zero attached hydrogens (tertiary/aromatic N) is 2. The Labute approximate surface area is 106 Å². The van der Waals surface area contributed by atoms with Gasteiger partial charge in [-0.3, -0.25) is 0 Å². The first-order valence-electron chi connectivity index (χ1n) is 6.49. The van der Waals surface area contributed by atoms with Gasteiger partial charge in [0.25, 0.3) is 0 Å². The zero-order valence-electron chi connectivity index (χ0n) is 10.3. The van der Waals surface area contributed by atoms with Crippen molar-refractivity contribution in [1.82, 2.24) is 15.5 Å². The molecule has 4 nitrogen and oxygen atoms in total. The monoisotopic (exact) mass is 243 g/mol. The van der Waals surface area contributed by atoms with Crippen molar-refractivity contribution in [3.8, 4) is 0 Å². The second-order valence-corrected chi connectivity index (χ2v) is 4.72. The lowest BCUT2D eigenvalue weighted by Crippen LogP contribution is -2.08. The summed E-state index contributed by atoms with van der Waals surface area (Å²) in [7, 11) is 0. The summed E-state index contributed by atoms with van der Waals surface area (Å²) in [6.07, 6.45) is 2.90. The van der Waals surface area contributed by atoms with Gasteiger partial charge in [0.1, 0.15) is 0 Å². The van der Waals surface area contributed by atoms with E-state index in [1.807, 2.05) is 6.07 Å². The van der Waals surface area contributed by atoms with E-state index in [9.17, 15) is 0 Å². The predicted molar refractivity (Wildman–Crippen MR) is 68.4 cm³/mol. The summed E-state index contributed by atoms with van der Waals surface area (Å²) in [5.41, 5.74) is 1.31. The molecule has 0 radical (unpaired) electrons. The van der Waals surface area contributed by atoms with E-state index in [0.717, 1.165) is 44.1 Å². The number of hydrogen-bond acceptors (Lipinski definition) is 4. The van der Waals surface area contributed by atoms with Crippen molar-refractivity contribution >= 4 is 0 Å². The van der Waals surface area contributed by atoms with Crippen molar-refractivity contribution in [2.24, 2.45) is 0 Å². The summed E-state index contributed by atoms with van der Waals surface area (Å²) < 4.78 is 5.34. The van der Waals surface area contributed by atoms with E-state index >= 15 is 0 Å². The molecular formula is C14H17N3O. The highest BCUT2D eigenvalue weighted by Crippen LogP contribution is 2.20. The maximum absolute atomic E-state index is 5.34. The highest BCUT2D eigenvalue weighted by Gasteiger charge is 2.22. The van der Waals surface area contributed by atoms with E-state index in [4.69, 9.17) is 4.52 Å². The molecule has 94 valence electrons. The smallest absolute Gasteiger partial charge is 0.231 e. The summed E-state index contributed by atoms with van der Waals surface area (Å²) in [6.45, 7) is 2.01. The van der Waals surface area contributed by atoms with Gasteiger partial charge in [-0.2, -0.15) is 4.98 Å². The molecule has 3 rings (SSSR count). The topological polar surface area (TPSA) is 51.0 Å². The van der Waals surface area contributed by atoms with E-state index in [0.29, 0.717) is 5.92 Å². The summed E-state index contributed by atoms with van der Waals surface area (Å²) >= 11 is 0. The van der Waals surface area contributed by atoms with Gasteiger partial charge in [0, 0.05) is 13.0 Å². The van der Waals surface area contributed by atoms with Crippen LogP contribution >= 0.6 is 0 Å². The fourth-order valence-electron chi connectivity index (χ4n) is 2.30. The van der Waals surface area contributed by atoms with Gasteiger partial charge in [-0.25, -0.2) is 0 Å². The fourth-order valence-corrected chi connectivity index (χ4v) is 2.30. The fraction of sp³-hybridized carbons (Fsp3) is 0.429. The van der Waals surface area contributed by atoms with Crippen molar-refractivity contribution in [3.05, 3.63) is 47.6 Å². The van der Waals surface area contributed by atoms with Crippen LogP contribution in [0, 0.1) is 0 Å². The van der Waals surface area contributed by atoms with Crippen molar-refractivity contribution in [3.63, 3.8) is 0 Å². The normalized spacial score (nSPS) is 19.2. The highest BCUT2D eigenvalue weighted by molar-refractivity contribution is 5.15. The van der Waals surface area contributed by atoms with Crippen LogP contribution in [0.25, 0.3) is 0 Å². The molecule has 0 saturated carbocycles. The average Bonchev–Trinajstić information content (AvgIpc) is 3.08. The third-order valence-electron chi connectivity index (χ3n) is 3.37. The van der Waals surface area contributed by atoms with Crippen molar-refractivity contribution in [2.45, 2.75) is 25.2 Å². The van der Waals surface area contributed by atoms with Gasteiger partial charge in [0.05, 0.1) is 5.92 Å². The van der Waals surface area contributed by atoms with Crippen LogP contribution < -0.4 is 5.32 Å². The molecule has 0 spiro atoms. The van der Waals surface area contributed by atoms with Crippen LogP contribution in [0.2, 0.25) is 0 Å². The Bertz CT molecular complexity index is 489. The van der Waals surface area contributed by atoms with E-state index in [1.165, 1.54) is 5.56 Å². The molecule has 4 heteroatoms. The SMILES string of the molecule is c1ccc(CCc2noc([C@@H]3CCNC3)n2)cc1. The zero-order valence-corrected chi connectivity index (χ0v) is 10.3. The molecule has 2 aromatic rings. The number of aryl methyl sites for hydroxylation is 2. The van der Waals surface area contributed by atoms with E-state index in [2.05, 4.69) is 39.7 Å². The Morgan fingerprint density at radius 2 is 2.11 bits per heavy atom. The minimum atomic E-state index is 0.406. The molecule has 1 atom stereocenters. The maximum atomic E-state index is 5.34. The standard InChI is InChI=1S/C14H17N3O/c1-2-4-11(5-3-1)6-7-13-16-14(18-17-13)12-8-9-15-10-12/h1-5,12,15H,6-10H2/t12-/m1/s1. The largest absolute Gasteiger partial charge is 0.339 e. The van der Waals surface area contributed by atoms with Gasteiger partial charge < -0.3 is 9.84 Å². The predicted octanol–water partition coefficient (Wildman–Crippen LogP) is 1.93. The lowest BCUT2D eigenvalue weighted by molar-refractivity contribution is 0.354. The molecule has 1 fully saturated rings. The Balaban J connectivity index is 1.60. The highest BCUT2D eigenvalue weighted by atomic mass is 16.5. The second kappa shape index (κ2) is 5.31. The molecule has 0 unspecified atom stereocenters. The van der Waals surface area contributed by atoms with Crippen molar-refractivity contribution in [2.75, 3.05) is 13.1 Å². The lowest BCUT2D eigenvalue weighted by Gasteiger charge is -1.99. The first-order valence-corrected chi connectivity index (χ1v) is 6.49. The minimum Gasteiger partial charge on any atom is -0.339 e. The Hall–Kier alpha value is -1.68. The molecule has 18 heavy (non-hydrogen) atoms. The van der Waals surface area contributed by atoms with Gasteiger partial charge in [0.2, 0.25) is 5.89 Å². The van der Waals surface area contributed by atoms with Crippen LogP contribution in [0.1, 0.15) is 29.6 Å². The molecule has 1 aliphatic heterocycles. The van der Waals surface area contributed by atoms with E-state index in [1.54, 1.807) is 0 Å². The molecule has 1 aliphatic rings. The van der Waals surface area contributed by atoms with Crippen molar-refractivity contribution in [1.29, 1.82) is 0 Å². The zero-order chi connectivity index (χ0) is 12.2. The van der Waals surface area contributed by atoms with E-state index < -0.39 is 0 Å². The molecule has 2 heterocycles. The summed E-state index contributed by atoms with van der Waals surface area (Å²) in [6, 6.07) is 10.4. The molecule has 0 bridgehead atoms. The molecule has 0 amide bonds. The second-order valence-electron chi connectivity index (χ2n) is 4.72. The molecular weight excluding hydrogens is 226 g/mol. The summed E-state index contributed by atoms with van der Waals surface area (Å²) in [5.74, 6) is 2.02. The van der Waals surface area contributed by atoms with Crippen LogP contribution in [0.15, 0.2) is 34.9 Å². The van der Waals surface area contributed by atoms with Crippen LogP contribution in [-0.2, 0) is 12.8 Å². The molecule has 1 N–H and O–H groups in total. The van der Waals surface area contributed by atoms with Gasteiger partial charge in [-0.1, -0.05) is 35.5 Å². The quantitative estimate of drug-likeness (QED) is 0.891. The van der Waals surface area contributed by atoms with Gasteiger partial charge in [-0.15, -0.1) is 0 Å². The average molecular weight is 243 g/mol. The third kappa shape index (κ3) is 2.59. The Kier molecular flexibility index (Phi) is 3.37. The number of aromatic nitrogens is 2. The number of nitrogens with one attached hydrogen (secondary N) is 1.